The smallest absolute Gasteiger partial charge is 0.164 e. The zero-order valence-corrected chi connectivity index (χ0v) is 26.2. The molecule has 0 fully saturated rings. The lowest BCUT2D eigenvalue weighted by molar-refractivity contribution is 0.175. The Balaban J connectivity index is 0.00000380. The third-order valence-corrected chi connectivity index (χ3v) is 7.51. The maximum absolute atomic E-state index is 5.69. The summed E-state index contributed by atoms with van der Waals surface area (Å²) in [7, 11) is 6.86. The number of nitrogens with one attached hydrogen (secondary N) is 1. The maximum atomic E-state index is 5.69. The minimum absolute atomic E-state index is 0. The largest absolute Gasteiger partial charge is 0.497 e. The number of hydrogen-bond donors (Lipinski definition) is 1. The summed E-state index contributed by atoms with van der Waals surface area (Å²) in [5, 5.41) is 3.60. The topological polar surface area (TPSA) is 52.2 Å². The van der Waals surface area contributed by atoms with Gasteiger partial charge in [-0.1, -0.05) is 25.8 Å². The van der Waals surface area contributed by atoms with Crippen molar-refractivity contribution in [2.45, 2.75) is 70.8 Å². The van der Waals surface area contributed by atoms with Crippen LogP contribution < -0.4 is 24.3 Å². The van der Waals surface area contributed by atoms with Crippen molar-refractivity contribution in [3.8, 4) is 23.0 Å². The van der Waals surface area contributed by atoms with Gasteiger partial charge in [-0.05, 0) is 100 Å². The Kier molecular flexibility index (Phi) is 17.4. The normalized spacial score (nSPS) is 14.2. The van der Waals surface area contributed by atoms with Crippen LogP contribution in [0.25, 0.3) is 0 Å². The molecule has 1 aliphatic carbocycles. The summed E-state index contributed by atoms with van der Waals surface area (Å²) in [5.41, 5.74) is 4.00. The molecule has 3 rings (SSSR count). The molecule has 0 aromatic heterocycles. The highest BCUT2D eigenvalue weighted by Crippen LogP contribution is 2.38. The van der Waals surface area contributed by atoms with E-state index in [1.54, 1.807) is 28.4 Å². The van der Waals surface area contributed by atoms with Crippen molar-refractivity contribution in [2.24, 2.45) is 0 Å². The predicted molar refractivity (Wildman–Crippen MR) is 166 cm³/mol. The van der Waals surface area contributed by atoms with Gasteiger partial charge in [0.15, 0.2) is 11.5 Å². The van der Waals surface area contributed by atoms with Crippen molar-refractivity contribution in [1.29, 1.82) is 0 Å². The van der Waals surface area contributed by atoms with Gasteiger partial charge >= 0.3 is 0 Å². The Hall–Kier alpha value is -1.86. The number of methoxy groups -OCH3 is 4. The molecule has 0 saturated heterocycles. The number of rotatable bonds is 17. The highest BCUT2D eigenvalue weighted by atomic mass is 35.5. The van der Waals surface area contributed by atoms with Crippen LogP contribution in [0.5, 0.6) is 23.0 Å². The Labute approximate surface area is 248 Å². The molecule has 0 aliphatic heterocycles. The molecule has 8 heteroatoms. The lowest BCUT2D eigenvalue weighted by Crippen LogP contribution is -2.40. The van der Waals surface area contributed by atoms with E-state index in [1.165, 1.54) is 68.3 Å². The highest BCUT2D eigenvalue weighted by Gasteiger charge is 2.27. The molecule has 0 unspecified atom stereocenters. The first kappa shape index (κ1) is 35.2. The van der Waals surface area contributed by atoms with E-state index in [0.717, 1.165) is 55.4 Å². The van der Waals surface area contributed by atoms with Crippen LogP contribution >= 0.6 is 24.8 Å². The first-order valence-corrected chi connectivity index (χ1v) is 14.0. The summed E-state index contributed by atoms with van der Waals surface area (Å²) in [6.45, 7) is 6.73. The molecule has 1 N–H and O–H groups in total. The van der Waals surface area contributed by atoms with E-state index < -0.39 is 0 Å². The molecule has 0 saturated carbocycles. The highest BCUT2D eigenvalue weighted by molar-refractivity contribution is 5.85. The Morgan fingerprint density at radius 3 is 2.18 bits per heavy atom. The zero-order valence-electron chi connectivity index (χ0n) is 24.6. The lowest BCUT2D eigenvalue weighted by atomic mass is 9.86. The van der Waals surface area contributed by atoms with E-state index in [4.69, 9.17) is 18.9 Å². The molecule has 0 bridgehead atoms. The van der Waals surface area contributed by atoms with E-state index in [2.05, 4.69) is 41.4 Å². The van der Waals surface area contributed by atoms with Crippen LogP contribution in [-0.2, 0) is 19.3 Å². The number of ether oxygens (including phenoxy) is 4. The van der Waals surface area contributed by atoms with Crippen molar-refractivity contribution < 1.29 is 18.9 Å². The number of unbranched alkanes of at least 4 members (excludes halogenated alkanes) is 3. The summed E-state index contributed by atoms with van der Waals surface area (Å²) < 4.78 is 21.9. The van der Waals surface area contributed by atoms with Crippen molar-refractivity contribution in [3.05, 3.63) is 47.0 Å². The van der Waals surface area contributed by atoms with Gasteiger partial charge in [0, 0.05) is 17.7 Å². The number of fused-ring (bicyclic) bond motifs is 1. The van der Waals surface area contributed by atoms with E-state index in [9.17, 15) is 0 Å². The third kappa shape index (κ3) is 10.6. The summed E-state index contributed by atoms with van der Waals surface area (Å²) in [4.78, 5) is 2.74. The predicted octanol–water partition coefficient (Wildman–Crippen LogP) is 6.53. The molecule has 0 amide bonds. The van der Waals surface area contributed by atoms with Crippen molar-refractivity contribution >= 4 is 24.8 Å². The summed E-state index contributed by atoms with van der Waals surface area (Å²) in [6.07, 6.45) is 10.6. The molecular weight excluding hydrogens is 535 g/mol. The van der Waals surface area contributed by atoms with Gasteiger partial charge in [-0.2, -0.15) is 0 Å². The first-order valence-electron chi connectivity index (χ1n) is 14.0. The second-order valence-electron chi connectivity index (χ2n) is 10.0. The van der Waals surface area contributed by atoms with Gasteiger partial charge in [0.1, 0.15) is 11.5 Å². The van der Waals surface area contributed by atoms with Crippen LogP contribution in [0.2, 0.25) is 0 Å². The molecule has 6 nitrogen and oxygen atoms in total. The third-order valence-electron chi connectivity index (χ3n) is 7.51. The van der Waals surface area contributed by atoms with Crippen LogP contribution in [0, 0.1) is 0 Å². The molecule has 0 spiro atoms. The zero-order chi connectivity index (χ0) is 26.5. The SMILES string of the molecule is CCCN(CCCCCCNCCc1cc(OC)cc(OC)c1)[C@H]1CCc2c(ccc(OC)c2OC)C1.Cl.Cl. The van der Waals surface area contributed by atoms with Gasteiger partial charge in [-0.25, -0.2) is 0 Å². The maximum Gasteiger partial charge on any atom is 0.164 e. The number of benzene rings is 2. The fourth-order valence-electron chi connectivity index (χ4n) is 5.53. The van der Waals surface area contributed by atoms with E-state index in [1.807, 2.05) is 6.07 Å². The number of nitrogens with zero attached hydrogens (tertiary/aromatic N) is 1. The van der Waals surface area contributed by atoms with E-state index in [-0.39, 0.29) is 24.8 Å². The molecule has 39 heavy (non-hydrogen) atoms. The summed E-state index contributed by atoms with van der Waals surface area (Å²) in [6, 6.07) is 11.0. The van der Waals surface area contributed by atoms with Gasteiger partial charge in [0.25, 0.3) is 0 Å². The molecule has 0 heterocycles. The first-order chi connectivity index (χ1) is 18.1. The molecule has 2 aromatic carbocycles. The van der Waals surface area contributed by atoms with Crippen molar-refractivity contribution in [1.82, 2.24) is 10.2 Å². The van der Waals surface area contributed by atoms with Gasteiger partial charge in [0.05, 0.1) is 28.4 Å². The van der Waals surface area contributed by atoms with Crippen LogP contribution in [0.15, 0.2) is 30.3 Å². The quantitative estimate of drug-likeness (QED) is 0.213. The standard InChI is InChI=1S/C31H48N2O4.2ClH/c1-6-18-33(26-12-13-29-25(22-26)11-14-30(36-4)31(29)37-5)19-10-8-7-9-16-32-17-15-24-20-27(34-2)23-28(21-24)35-3;;/h11,14,20-21,23,26,32H,6-10,12-13,15-19,22H2,1-5H3;2*1H/t26-;;/m0../s1. The monoisotopic (exact) mass is 584 g/mol. The fourth-order valence-corrected chi connectivity index (χ4v) is 5.53. The Morgan fingerprint density at radius 1 is 0.821 bits per heavy atom. The molecular formula is C31H50Cl2N2O4. The van der Waals surface area contributed by atoms with E-state index in [0.29, 0.717) is 6.04 Å². The van der Waals surface area contributed by atoms with E-state index >= 15 is 0 Å². The molecule has 0 radical (unpaired) electrons. The van der Waals surface area contributed by atoms with Crippen LogP contribution in [0.4, 0.5) is 0 Å². The minimum atomic E-state index is 0. The van der Waals surface area contributed by atoms with Crippen molar-refractivity contribution in [2.75, 3.05) is 54.6 Å². The van der Waals surface area contributed by atoms with Crippen LogP contribution in [0.3, 0.4) is 0 Å². The average Bonchev–Trinajstić information content (AvgIpc) is 2.94. The minimum Gasteiger partial charge on any atom is -0.497 e. The van der Waals surface area contributed by atoms with Crippen molar-refractivity contribution in [3.63, 3.8) is 0 Å². The molecule has 1 atom stereocenters. The summed E-state index contributed by atoms with van der Waals surface area (Å²) in [5.74, 6) is 3.48. The van der Waals surface area contributed by atoms with Crippen LogP contribution in [0.1, 0.15) is 62.1 Å². The summed E-state index contributed by atoms with van der Waals surface area (Å²) >= 11 is 0. The van der Waals surface area contributed by atoms with Gasteiger partial charge in [0.2, 0.25) is 0 Å². The van der Waals surface area contributed by atoms with Gasteiger partial charge in [-0.15, -0.1) is 24.8 Å². The molecule has 1 aliphatic rings. The second kappa shape index (κ2) is 19.3. The average molecular weight is 586 g/mol. The Bertz CT molecular complexity index is 938. The number of halogens is 2. The van der Waals surface area contributed by atoms with Gasteiger partial charge in [-0.3, -0.25) is 0 Å². The van der Waals surface area contributed by atoms with Crippen LogP contribution in [-0.4, -0.2) is 65.6 Å². The molecule has 222 valence electrons. The molecule has 2 aromatic rings. The second-order valence-corrected chi connectivity index (χ2v) is 10.0. The Morgan fingerprint density at radius 2 is 1.54 bits per heavy atom. The number of hydrogen-bond acceptors (Lipinski definition) is 6. The lowest BCUT2D eigenvalue weighted by Gasteiger charge is -2.36. The van der Waals surface area contributed by atoms with Gasteiger partial charge < -0.3 is 29.2 Å². The fraction of sp³-hybridized carbons (Fsp3) is 0.613.